The van der Waals surface area contributed by atoms with Crippen molar-refractivity contribution in [3.05, 3.63) is 35.9 Å². The molecular formula is C11H12ClNO. The second kappa shape index (κ2) is 4.01. The highest BCUT2D eigenvalue weighted by molar-refractivity contribution is 6.22. The molecule has 3 heteroatoms. The maximum atomic E-state index is 11.4. The van der Waals surface area contributed by atoms with E-state index in [0.29, 0.717) is 13.0 Å². The summed E-state index contributed by atoms with van der Waals surface area (Å²) < 4.78 is 0. The van der Waals surface area contributed by atoms with Crippen molar-refractivity contribution in [3.63, 3.8) is 0 Å². The van der Waals surface area contributed by atoms with Gasteiger partial charge in [0.25, 0.3) is 0 Å². The van der Waals surface area contributed by atoms with Gasteiger partial charge in [0.05, 0.1) is 0 Å². The predicted octanol–water partition coefficient (Wildman–Crippen LogP) is 2.37. The largest absolute Gasteiger partial charge is 0.322 e. The molecule has 0 aromatic heterocycles. The van der Waals surface area contributed by atoms with E-state index in [1.54, 1.807) is 4.90 Å². The van der Waals surface area contributed by atoms with Crippen molar-refractivity contribution in [3.8, 4) is 0 Å². The van der Waals surface area contributed by atoms with Crippen LogP contribution in [0, 0.1) is 0 Å². The molecule has 1 saturated heterocycles. The maximum Gasteiger partial charge on any atom is 0.224 e. The number of benzene rings is 1. The smallest absolute Gasteiger partial charge is 0.224 e. The molecule has 1 aliphatic heterocycles. The van der Waals surface area contributed by atoms with Gasteiger partial charge in [-0.25, -0.2) is 0 Å². The number of amides is 1. The molecule has 0 spiro atoms. The highest BCUT2D eigenvalue weighted by Gasteiger charge is 2.28. The molecule has 14 heavy (non-hydrogen) atoms. The van der Waals surface area contributed by atoms with Crippen LogP contribution in [-0.2, 0) is 11.3 Å². The first-order valence-corrected chi connectivity index (χ1v) is 5.18. The van der Waals surface area contributed by atoms with Crippen LogP contribution in [0.3, 0.4) is 0 Å². The van der Waals surface area contributed by atoms with E-state index in [-0.39, 0.29) is 11.4 Å². The zero-order chi connectivity index (χ0) is 9.97. The summed E-state index contributed by atoms with van der Waals surface area (Å²) in [6.45, 7) is 0.633. The fraction of sp³-hybridized carbons (Fsp3) is 0.364. The van der Waals surface area contributed by atoms with Gasteiger partial charge >= 0.3 is 0 Å². The third-order valence-corrected chi connectivity index (χ3v) is 2.90. The van der Waals surface area contributed by atoms with E-state index in [1.165, 1.54) is 0 Å². The van der Waals surface area contributed by atoms with Gasteiger partial charge in [0, 0.05) is 13.0 Å². The van der Waals surface area contributed by atoms with Crippen LogP contribution in [0.2, 0.25) is 0 Å². The van der Waals surface area contributed by atoms with E-state index in [1.807, 2.05) is 30.3 Å². The van der Waals surface area contributed by atoms with Crippen LogP contribution < -0.4 is 0 Å². The first-order valence-electron chi connectivity index (χ1n) is 4.75. The van der Waals surface area contributed by atoms with Crippen molar-refractivity contribution in [2.45, 2.75) is 24.9 Å². The Hall–Kier alpha value is -1.02. The number of likely N-dealkylation sites (tertiary alicyclic amines) is 1. The minimum absolute atomic E-state index is 0.122. The Labute approximate surface area is 88.5 Å². The minimum atomic E-state index is -0.122. The van der Waals surface area contributed by atoms with Gasteiger partial charge in [-0.05, 0) is 12.0 Å². The second-order valence-electron chi connectivity index (χ2n) is 3.48. The average Bonchev–Trinajstić information content (AvgIpc) is 2.51. The van der Waals surface area contributed by atoms with Crippen LogP contribution in [-0.4, -0.2) is 16.3 Å². The Balaban J connectivity index is 2.07. The first kappa shape index (κ1) is 9.53. The van der Waals surface area contributed by atoms with Crippen LogP contribution in [0.15, 0.2) is 30.3 Å². The molecule has 1 unspecified atom stereocenters. The van der Waals surface area contributed by atoms with Crippen LogP contribution in [0.25, 0.3) is 0 Å². The fourth-order valence-corrected chi connectivity index (χ4v) is 1.95. The number of nitrogens with zero attached hydrogens (tertiary/aromatic N) is 1. The number of hydrogen-bond acceptors (Lipinski definition) is 1. The van der Waals surface area contributed by atoms with Gasteiger partial charge in [-0.2, -0.15) is 0 Å². The monoisotopic (exact) mass is 209 g/mol. The quantitative estimate of drug-likeness (QED) is 0.541. The van der Waals surface area contributed by atoms with Gasteiger partial charge in [0.2, 0.25) is 5.91 Å². The van der Waals surface area contributed by atoms with Crippen molar-refractivity contribution in [1.82, 2.24) is 4.90 Å². The van der Waals surface area contributed by atoms with E-state index in [2.05, 4.69) is 0 Å². The lowest BCUT2D eigenvalue weighted by Gasteiger charge is -2.19. The lowest BCUT2D eigenvalue weighted by molar-refractivity contribution is -0.128. The Kier molecular flexibility index (Phi) is 2.73. The van der Waals surface area contributed by atoms with Gasteiger partial charge in [-0.15, -0.1) is 0 Å². The number of hydrogen-bond donors (Lipinski definition) is 0. The molecule has 0 aliphatic carbocycles. The lowest BCUT2D eigenvalue weighted by Crippen LogP contribution is -2.28. The molecule has 0 bridgehead atoms. The summed E-state index contributed by atoms with van der Waals surface area (Å²) in [6, 6.07) is 9.93. The summed E-state index contributed by atoms with van der Waals surface area (Å²) in [5, 5.41) is 0. The van der Waals surface area contributed by atoms with E-state index in [4.69, 9.17) is 11.6 Å². The molecule has 0 saturated carbocycles. The van der Waals surface area contributed by atoms with Gasteiger partial charge in [0.1, 0.15) is 5.50 Å². The van der Waals surface area contributed by atoms with Crippen LogP contribution in [0.4, 0.5) is 0 Å². The Morgan fingerprint density at radius 2 is 2.07 bits per heavy atom. The van der Waals surface area contributed by atoms with E-state index in [0.717, 1.165) is 12.0 Å². The van der Waals surface area contributed by atoms with Gasteiger partial charge < -0.3 is 4.90 Å². The summed E-state index contributed by atoms with van der Waals surface area (Å²) >= 11 is 6.03. The van der Waals surface area contributed by atoms with Gasteiger partial charge in [-0.3, -0.25) is 4.79 Å². The Morgan fingerprint density at radius 3 is 2.64 bits per heavy atom. The molecule has 1 aromatic rings. The van der Waals surface area contributed by atoms with Crippen molar-refractivity contribution in [2.75, 3.05) is 0 Å². The average molecular weight is 210 g/mol. The SMILES string of the molecule is O=C1CCC(Cl)N1Cc1ccccc1. The first-order chi connectivity index (χ1) is 6.77. The predicted molar refractivity (Wildman–Crippen MR) is 55.9 cm³/mol. The number of alkyl halides is 1. The Morgan fingerprint density at radius 1 is 1.36 bits per heavy atom. The zero-order valence-electron chi connectivity index (χ0n) is 7.82. The molecule has 1 aliphatic rings. The highest BCUT2D eigenvalue weighted by atomic mass is 35.5. The normalized spacial score (nSPS) is 21.6. The third-order valence-electron chi connectivity index (χ3n) is 2.45. The number of carbonyl (C=O) groups is 1. The van der Waals surface area contributed by atoms with E-state index < -0.39 is 0 Å². The minimum Gasteiger partial charge on any atom is -0.322 e. The summed E-state index contributed by atoms with van der Waals surface area (Å²) in [5.74, 6) is 0.161. The summed E-state index contributed by atoms with van der Waals surface area (Å²) in [4.78, 5) is 13.2. The Bertz CT molecular complexity index is 325. The molecule has 0 radical (unpaired) electrons. The highest BCUT2D eigenvalue weighted by Crippen LogP contribution is 2.23. The molecule has 74 valence electrons. The topological polar surface area (TPSA) is 20.3 Å². The molecule has 1 aromatic carbocycles. The lowest BCUT2D eigenvalue weighted by atomic mass is 10.2. The molecule has 0 N–H and O–H groups in total. The molecule has 1 amide bonds. The number of carbonyl (C=O) groups excluding carboxylic acids is 1. The van der Waals surface area contributed by atoms with Crippen molar-refractivity contribution < 1.29 is 4.79 Å². The molecule has 1 atom stereocenters. The third kappa shape index (κ3) is 1.90. The second-order valence-corrected chi connectivity index (χ2v) is 3.98. The number of halogens is 1. The molecular weight excluding hydrogens is 198 g/mol. The molecule has 1 heterocycles. The molecule has 1 fully saturated rings. The summed E-state index contributed by atoms with van der Waals surface area (Å²) in [5.41, 5.74) is 1.01. The molecule has 2 rings (SSSR count). The zero-order valence-corrected chi connectivity index (χ0v) is 8.57. The van der Waals surface area contributed by atoms with E-state index >= 15 is 0 Å². The summed E-state index contributed by atoms with van der Waals surface area (Å²) in [6.07, 6.45) is 1.36. The van der Waals surface area contributed by atoms with Crippen molar-refractivity contribution in [2.24, 2.45) is 0 Å². The van der Waals surface area contributed by atoms with Crippen LogP contribution >= 0.6 is 11.6 Å². The van der Waals surface area contributed by atoms with E-state index in [9.17, 15) is 4.79 Å². The van der Waals surface area contributed by atoms with Crippen molar-refractivity contribution >= 4 is 17.5 Å². The maximum absolute atomic E-state index is 11.4. The van der Waals surface area contributed by atoms with Crippen LogP contribution in [0.5, 0.6) is 0 Å². The van der Waals surface area contributed by atoms with Gasteiger partial charge in [-0.1, -0.05) is 41.9 Å². The summed E-state index contributed by atoms with van der Waals surface area (Å²) in [7, 11) is 0. The van der Waals surface area contributed by atoms with Crippen molar-refractivity contribution in [1.29, 1.82) is 0 Å². The fourth-order valence-electron chi connectivity index (χ4n) is 1.67. The number of rotatable bonds is 2. The molecule has 2 nitrogen and oxygen atoms in total. The van der Waals surface area contributed by atoms with Gasteiger partial charge in [0.15, 0.2) is 0 Å². The standard InChI is InChI=1S/C11H12ClNO/c12-10-6-7-11(14)13(10)8-9-4-2-1-3-5-9/h1-5,10H,6-8H2. The van der Waals surface area contributed by atoms with Crippen LogP contribution in [0.1, 0.15) is 18.4 Å².